The molecule has 5 heteroatoms. The molecule has 1 rings (SSSR count). The van der Waals surface area contributed by atoms with Crippen LogP contribution in [0.25, 0.3) is 0 Å². The first kappa shape index (κ1) is 12.7. The van der Waals surface area contributed by atoms with E-state index in [0.717, 1.165) is 24.7 Å². The van der Waals surface area contributed by atoms with Crippen LogP contribution in [0.5, 0.6) is 0 Å². The van der Waals surface area contributed by atoms with Gasteiger partial charge in [0, 0.05) is 32.0 Å². The molecule has 1 aromatic heterocycles. The SMILES string of the molecule is CCOC(C)CNc1cc(C)nc(NC)n1. The number of anilines is 2. The largest absolute Gasteiger partial charge is 0.377 e. The number of hydrogen-bond donors (Lipinski definition) is 2. The third kappa shape index (κ3) is 4.02. The minimum absolute atomic E-state index is 0.179. The van der Waals surface area contributed by atoms with Gasteiger partial charge in [0.2, 0.25) is 5.95 Å². The number of nitrogens with one attached hydrogen (secondary N) is 2. The van der Waals surface area contributed by atoms with E-state index in [-0.39, 0.29) is 6.10 Å². The van der Waals surface area contributed by atoms with Crippen LogP contribution in [0.1, 0.15) is 19.5 Å². The Morgan fingerprint density at radius 2 is 2.19 bits per heavy atom. The van der Waals surface area contributed by atoms with Crippen LogP contribution in [-0.2, 0) is 4.74 Å². The molecule has 5 nitrogen and oxygen atoms in total. The summed E-state index contributed by atoms with van der Waals surface area (Å²) < 4.78 is 5.43. The predicted octanol–water partition coefficient (Wildman–Crippen LogP) is 1.66. The lowest BCUT2D eigenvalue weighted by Gasteiger charge is -2.13. The highest BCUT2D eigenvalue weighted by Crippen LogP contribution is 2.09. The summed E-state index contributed by atoms with van der Waals surface area (Å²) in [6.07, 6.45) is 0.179. The molecule has 0 amide bonds. The van der Waals surface area contributed by atoms with Gasteiger partial charge in [0.05, 0.1) is 6.10 Å². The zero-order chi connectivity index (χ0) is 12.0. The molecule has 1 heterocycles. The van der Waals surface area contributed by atoms with E-state index in [2.05, 4.69) is 20.6 Å². The molecular weight excluding hydrogens is 204 g/mol. The van der Waals surface area contributed by atoms with Crippen LogP contribution >= 0.6 is 0 Å². The Bertz CT molecular complexity index is 330. The quantitative estimate of drug-likeness (QED) is 0.769. The van der Waals surface area contributed by atoms with Gasteiger partial charge in [-0.1, -0.05) is 0 Å². The zero-order valence-corrected chi connectivity index (χ0v) is 10.4. The van der Waals surface area contributed by atoms with Crippen LogP contribution in [0.15, 0.2) is 6.07 Å². The van der Waals surface area contributed by atoms with Crippen molar-refractivity contribution in [3.8, 4) is 0 Å². The number of hydrogen-bond acceptors (Lipinski definition) is 5. The zero-order valence-electron chi connectivity index (χ0n) is 10.4. The Hall–Kier alpha value is -1.36. The highest BCUT2D eigenvalue weighted by Gasteiger charge is 2.03. The maximum atomic E-state index is 5.43. The lowest BCUT2D eigenvalue weighted by molar-refractivity contribution is 0.0855. The van der Waals surface area contributed by atoms with Gasteiger partial charge in [0.15, 0.2) is 0 Å². The molecule has 1 aromatic rings. The third-order valence-corrected chi connectivity index (χ3v) is 2.10. The summed E-state index contributed by atoms with van der Waals surface area (Å²) in [7, 11) is 1.81. The molecular formula is C11H20N4O. The van der Waals surface area contributed by atoms with E-state index in [1.54, 1.807) is 7.05 Å². The summed E-state index contributed by atoms with van der Waals surface area (Å²) in [4.78, 5) is 8.52. The van der Waals surface area contributed by atoms with Crippen molar-refractivity contribution in [1.82, 2.24) is 9.97 Å². The minimum Gasteiger partial charge on any atom is -0.377 e. The number of aryl methyl sites for hydroxylation is 1. The van der Waals surface area contributed by atoms with Crippen molar-refractivity contribution in [3.63, 3.8) is 0 Å². The number of nitrogens with zero attached hydrogens (tertiary/aromatic N) is 2. The van der Waals surface area contributed by atoms with Crippen LogP contribution < -0.4 is 10.6 Å². The maximum Gasteiger partial charge on any atom is 0.224 e. The standard InChI is InChI=1S/C11H20N4O/c1-5-16-9(3)7-13-10-6-8(2)14-11(12-4)15-10/h6,9H,5,7H2,1-4H3,(H2,12,13,14,15). The molecule has 2 N–H and O–H groups in total. The van der Waals surface area contributed by atoms with Gasteiger partial charge >= 0.3 is 0 Å². The molecule has 0 spiro atoms. The average Bonchev–Trinajstić information content (AvgIpc) is 2.26. The van der Waals surface area contributed by atoms with Gasteiger partial charge in [0.25, 0.3) is 0 Å². The van der Waals surface area contributed by atoms with Gasteiger partial charge in [-0.15, -0.1) is 0 Å². The molecule has 0 radical (unpaired) electrons. The number of rotatable bonds is 6. The van der Waals surface area contributed by atoms with Crippen molar-refractivity contribution in [2.24, 2.45) is 0 Å². The van der Waals surface area contributed by atoms with E-state index in [1.807, 2.05) is 26.8 Å². The van der Waals surface area contributed by atoms with Crippen LogP contribution in [0.2, 0.25) is 0 Å². The molecule has 0 saturated carbocycles. The van der Waals surface area contributed by atoms with Crippen LogP contribution in [0.4, 0.5) is 11.8 Å². The van der Waals surface area contributed by atoms with Gasteiger partial charge < -0.3 is 15.4 Å². The normalized spacial score (nSPS) is 12.2. The molecule has 1 atom stereocenters. The van der Waals surface area contributed by atoms with Gasteiger partial charge in [-0.25, -0.2) is 4.98 Å². The van der Waals surface area contributed by atoms with Gasteiger partial charge in [-0.05, 0) is 20.8 Å². The minimum atomic E-state index is 0.179. The second-order valence-electron chi connectivity index (χ2n) is 3.62. The molecule has 0 aromatic carbocycles. The van der Waals surface area contributed by atoms with Crippen LogP contribution in [0.3, 0.4) is 0 Å². The van der Waals surface area contributed by atoms with Crippen LogP contribution in [-0.4, -0.2) is 36.3 Å². The Balaban J connectivity index is 2.56. The lowest BCUT2D eigenvalue weighted by atomic mass is 10.3. The molecule has 0 saturated heterocycles. The number of aromatic nitrogens is 2. The van der Waals surface area contributed by atoms with Crippen molar-refractivity contribution in [1.29, 1.82) is 0 Å². The van der Waals surface area contributed by atoms with Crippen molar-refractivity contribution in [3.05, 3.63) is 11.8 Å². The Labute approximate surface area is 96.6 Å². The summed E-state index contributed by atoms with van der Waals surface area (Å²) in [5, 5.41) is 6.16. The van der Waals surface area contributed by atoms with Crippen LogP contribution in [0, 0.1) is 6.92 Å². The monoisotopic (exact) mass is 224 g/mol. The summed E-state index contributed by atoms with van der Waals surface area (Å²) in [6, 6.07) is 1.92. The van der Waals surface area contributed by atoms with Gasteiger partial charge in [-0.3, -0.25) is 0 Å². The second-order valence-corrected chi connectivity index (χ2v) is 3.62. The Morgan fingerprint density at radius 1 is 1.44 bits per heavy atom. The summed E-state index contributed by atoms with van der Waals surface area (Å²) in [6.45, 7) is 7.44. The van der Waals surface area contributed by atoms with E-state index in [1.165, 1.54) is 0 Å². The predicted molar refractivity (Wildman–Crippen MR) is 65.9 cm³/mol. The fourth-order valence-electron chi connectivity index (χ4n) is 1.36. The first-order chi connectivity index (χ1) is 7.65. The topological polar surface area (TPSA) is 59.1 Å². The van der Waals surface area contributed by atoms with Gasteiger partial charge in [0.1, 0.15) is 5.82 Å². The highest BCUT2D eigenvalue weighted by molar-refractivity contribution is 5.41. The summed E-state index contributed by atoms with van der Waals surface area (Å²) in [5.74, 6) is 1.45. The molecule has 0 bridgehead atoms. The van der Waals surface area contributed by atoms with E-state index >= 15 is 0 Å². The average molecular weight is 224 g/mol. The van der Waals surface area contributed by atoms with E-state index in [9.17, 15) is 0 Å². The van der Waals surface area contributed by atoms with Crippen molar-refractivity contribution >= 4 is 11.8 Å². The summed E-state index contributed by atoms with van der Waals surface area (Å²) in [5.41, 5.74) is 0.936. The first-order valence-corrected chi connectivity index (χ1v) is 5.54. The first-order valence-electron chi connectivity index (χ1n) is 5.54. The number of ether oxygens (including phenoxy) is 1. The smallest absolute Gasteiger partial charge is 0.224 e. The molecule has 16 heavy (non-hydrogen) atoms. The molecule has 1 unspecified atom stereocenters. The molecule has 0 fully saturated rings. The molecule has 0 aliphatic rings. The fourth-order valence-corrected chi connectivity index (χ4v) is 1.36. The molecule has 0 aliphatic carbocycles. The Morgan fingerprint density at radius 3 is 2.81 bits per heavy atom. The lowest BCUT2D eigenvalue weighted by Crippen LogP contribution is -2.20. The van der Waals surface area contributed by atoms with Gasteiger partial charge in [-0.2, -0.15) is 4.98 Å². The van der Waals surface area contributed by atoms with E-state index in [4.69, 9.17) is 4.74 Å². The van der Waals surface area contributed by atoms with Crippen molar-refractivity contribution in [2.75, 3.05) is 30.8 Å². The van der Waals surface area contributed by atoms with E-state index in [0.29, 0.717) is 5.95 Å². The highest BCUT2D eigenvalue weighted by atomic mass is 16.5. The molecule has 0 aliphatic heterocycles. The molecule has 90 valence electrons. The maximum absolute atomic E-state index is 5.43. The van der Waals surface area contributed by atoms with Crippen molar-refractivity contribution < 1.29 is 4.74 Å². The second kappa shape index (κ2) is 6.27. The fraction of sp³-hybridized carbons (Fsp3) is 0.636. The summed E-state index contributed by atoms with van der Waals surface area (Å²) >= 11 is 0. The third-order valence-electron chi connectivity index (χ3n) is 2.10. The van der Waals surface area contributed by atoms with Crippen molar-refractivity contribution in [2.45, 2.75) is 26.9 Å². The van der Waals surface area contributed by atoms with E-state index < -0.39 is 0 Å². The Kier molecular flexibility index (Phi) is 4.98.